The fourth-order valence-electron chi connectivity index (χ4n) is 3.23. The van der Waals surface area contributed by atoms with E-state index in [4.69, 9.17) is 0 Å². The van der Waals surface area contributed by atoms with Crippen molar-refractivity contribution in [2.45, 2.75) is 51.0 Å². The Labute approximate surface area is 148 Å². The number of benzene rings is 1. The summed E-state index contributed by atoms with van der Waals surface area (Å²) in [5.41, 5.74) is 0.881. The van der Waals surface area contributed by atoms with Gasteiger partial charge in [0.25, 0.3) is 0 Å². The summed E-state index contributed by atoms with van der Waals surface area (Å²) in [5, 5.41) is 14.8. The fourth-order valence-corrected chi connectivity index (χ4v) is 3.23. The monoisotopic (exact) mass is 346 g/mol. The average Bonchev–Trinajstić information content (AvgIpc) is 2.56. The normalized spacial score (nSPS) is 20.8. The maximum absolute atomic E-state index is 12.1. The lowest BCUT2D eigenvalue weighted by atomic mass is 9.87. The van der Waals surface area contributed by atoms with E-state index in [9.17, 15) is 19.5 Å². The second-order valence-corrected chi connectivity index (χ2v) is 6.55. The number of aliphatic carboxylic acids is 1. The molecule has 1 fully saturated rings. The summed E-state index contributed by atoms with van der Waals surface area (Å²) in [4.78, 5) is 35.5. The molecule has 1 aromatic carbocycles. The van der Waals surface area contributed by atoms with Gasteiger partial charge in [-0.15, -0.1) is 0 Å². The smallest absolute Gasteiger partial charge is 0.308 e. The van der Waals surface area contributed by atoms with Crippen molar-refractivity contribution in [3.63, 3.8) is 0 Å². The Morgan fingerprint density at radius 2 is 1.64 bits per heavy atom. The van der Waals surface area contributed by atoms with Gasteiger partial charge in [0.05, 0.1) is 18.9 Å². The Bertz CT molecular complexity index is 588. The van der Waals surface area contributed by atoms with E-state index < -0.39 is 11.9 Å². The van der Waals surface area contributed by atoms with Crippen molar-refractivity contribution in [3.8, 4) is 0 Å². The Balaban J connectivity index is 1.80. The molecule has 136 valence electrons. The molecule has 25 heavy (non-hydrogen) atoms. The van der Waals surface area contributed by atoms with Gasteiger partial charge in [0, 0.05) is 6.04 Å². The van der Waals surface area contributed by atoms with Crippen molar-refractivity contribution < 1.29 is 19.5 Å². The number of carboxylic acids is 1. The minimum atomic E-state index is -0.861. The largest absolute Gasteiger partial charge is 0.481 e. The van der Waals surface area contributed by atoms with Crippen molar-refractivity contribution >= 4 is 17.8 Å². The van der Waals surface area contributed by atoms with Crippen LogP contribution in [0.1, 0.15) is 44.1 Å². The summed E-state index contributed by atoms with van der Waals surface area (Å²) in [7, 11) is 0. The van der Waals surface area contributed by atoms with Gasteiger partial charge in [-0.3, -0.25) is 14.4 Å². The van der Waals surface area contributed by atoms with Crippen LogP contribution in [0.4, 0.5) is 0 Å². The van der Waals surface area contributed by atoms with E-state index in [1.165, 1.54) is 0 Å². The summed E-state index contributed by atoms with van der Waals surface area (Å²) >= 11 is 0. The number of carboxylic acid groups (broad SMARTS) is 1. The van der Waals surface area contributed by atoms with E-state index in [1.807, 2.05) is 30.3 Å². The molecule has 3 N–H and O–H groups in total. The number of hydrogen-bond donors (Lipinski definition) is 3. The fraction of sp³-hybridized carbons (Fsp3) is 0.526. The maximum Gasteiger partial charge on any atom is 0.308 e. The first kappa shape index (κ1) is 19.0. The van der Waals surface area contributed by atoms with Crippen molar-refractivity contribution in [2.75, 3.05) is 6.54 Å². The second kappa shape index (κ2) is 9.81. The second-order valence-electron chi connectivity index (χ2n) is 6.55. The lowest BCUT2D eigenvalue weighted by molar-refractivity contribution is -0.143. The summed E-state index contributed by atoms with van der Waals surface area (Å²) in [6.07, 6.45) is 5.36. The molecule has 1 aliphatic carbocycles. The standard InChI is InChI=1S/C19H26N2O4/c22-17(12-14-8-4-3-5-9-14)20-13-18(23)21-16-11-7-2-1-6-10-15(16)19(24)25/h3-5,8-9,15-16H,1-2,6-7,10-13H2,(H,20,22)(H,21,23)(H,24,25). The molecule has 1 aliphatic rings. The predicted molar refractivity (Wildman–Crippen MR) is 93.9 cm³/mol. The van der Waals surface area contributed by atoms with Crippen molar-refractivity contribution in [1.29, 1.82) is 0 Å². The van der Waals surface area contributed by atoms with Crippen LogP contribution < -0.4 is 10.6 Å². The molecule has 2 unspecified atom stereocenters. The molecule has 2 rings (SSSR count). The highest BCUT2D eigenvalue weighted by atomic mass is 16.4. The first-order valence-electron chi connectivity index (χ1n) is 8.89. The van der Waals surface area contributed by atoms with Crippen LogP contribution in [-0.4, -0.2) is 35.5 Å². The molecule has 1 aromatic rings. The summed E-state index contributed by atoms with van der Waals surface area (Å²) < 4.78 is 0. The molecule has 0 spiro atoms. The van der Waals surface area contributed by atoms with Gasteiger partial charge in [-0.2, -0.15) is 0 Å². The third-order valence-corrected chi connectivity index (χ3v) is 4.58. The number of hydrogen-bond acceptors (Lipinski definition) is 3. The van der Waals surface area contributed by atoms with Crippen LogP contribution in [0, 0.1) is 5.92 Å². The van der Waals surface area contributed by atoms with E-state index in [-0.39, 0.29) is 30.8 Å². The zero-order valence-electron chi connectivity index (χ0n) is 14.4. The molecule has 0 saturated heterocycles. The highest BCUT2D eigenvalue weighted by molar-refractivity contribution is 5.86. The number of carbonyl (C=O) groups excluding carboxylic acids is 2. The summed E-state index contributed by atoms with van der Waals surface area (Å²) in [5.74, 6) is -1.98. The number of nitrogens with one attached hydrogen (secondary N) is 2. The zero-order valence-corrected chi connectivity index (χ0v) is 14.4. The Morgan fingerprint density at radius 3 is 2.32 bits per heavy atom. The third kappa shape index (κ3) is 6.57. The number of carbonyl (C=O) groups is 3. The minimum absolute atomic E-state index is 0.130. The Morgan fingerprint density at radius 1 is 0.960 bits per heavy atom. The first-order valence-corrected chi connectivity index (χ1v) is 8.89. The van der Waals surface area contributed by atoms with E-state index in [0.717, 1.165) is 31.2 Å². The SMILES string of the molecule is O=C(Cc1ccccc1)NCC(=O)NC1CCCCCCC1C(=O)O. The maximum atomic E-state index is 12.1. The highest BCUT2D eigenvalue weighted by Crippen LogP contribution is 2.23. The van der Waals surface area contributed by atoms with E-state index >= 15 is 0 Å². The van der Waals surface area contributed by atoms with Crippen LogP contribution in [-0.2, 0) is 20.8 Å². The third-order valence-electron chi connectivity index (χ3n) is 4.58. The van der Waals surface area contributed by atoms with Gasteiger partial charge in [0.15, 0.2) is 0 Å². The van der Waals surface area contributed by atoms with Gasteiger partial charge < -0.3 is 15.7 Å². The van der Waals surface area contributed by atoms with Crippen LogP contribution in [0.3, 0.4) is 0 Å². The van der Waals surface area contributed by atoms with Crippen molar-refractivity contribution in [2.24, 2.45) is 5.92 Å². The Kier molecular flexibility index (Phi) is 7.44. The van der Waals surface area contributed by atoms with Crippen LogP contribution in [0.25, 0.3) is 0 Å². The van der Waals surface area contributed by atoms with Crippen LogP contribution >= 0.6 is 0 Å². The van der Waals surface area contributed by atoms with Gasteiger partial charge in [-0.1, -0.05) is 56.0 Å². The quantitative estimate of drug-likeness (QED) is 0.733. The molecule has 0 aliphatic heterocycles. The van der Waals surface area contributed by atoms with Gasteiger partial charge >= 0.3 is 5.97 Å². The van der Waals surface area contributed by atoms with Gasteiger partial charge in [0.2, 0.25) is 11.8 Å². The minimum Gasteiger partial charge on any atom is -0.481 e. The van der Waals surface area contributed by atoms with Crippen LogP contribution in [0.2, 0.25) is 0 Å². The van der Waals surface area contributed by atoms with Gasteiger partial charge in [-0.05, 0) is 18.4 Å². The number of rotatable bonds is 6. The molecule has 0 bridgehead atoms. The van der Waals surface area contributed by atoms with Crippen LogP contribution in [0.5, 0.6) is 0 Å². The molecule has 0 heterocycles. The molecule has 2 atom stereocenters. The number of amides is 2. The molecular weight excluding hydrogens is 320 g/mol. The first-order chi connectivity index (χ1) is 12.1. The Hall–Kier alpha value is -2.37. The zero-order chi connectivity index (χ0) is 18.1. The molecule has 1 saturated carbocycles. The van der Waals surface area contributed by atoms with Gasteiger partial charge in [0.1, 0.15) is 0 Å². The van der Waals surface area contributed by atoms with Crippen molar-refractivity contribution in [3.05, 3.63) is 35.9 Å². The molecule has 2 amide bonds. The lowest BCUT2D eigenvalue weighted by Crippen LogP contribution is -2.47. The average molecular weight is 346 g/mol. The predicted octanol–water partition coefficient (Wildman–Crippen LogP) is 1.89. The highest BCUT2D eigenvalue weighted by Gasteiger charge is 2.29. The summed E-state index contributed by atoms with van der Waals surface area (Å²) in [6.45, 7) is -0.130. The summed E-state index contributed by atoms with van der Waals surface area (Å²) in [6, 6.07) is 8.93. The van der Waals surface area contributed by atoms with E-state index in [1.54, 1.807) is 0 Å². The molecule has 0 radical (unpaired) electrons. The van der Waals surface area contributed by atoms with Crippen molar-refractivity contribution in [1.82, 2.24) is 10.6 Å². The molecular formula is C19H26N2O4. The van der Waals surface area contributed by atoms with E-state index in [0.29, 0.717) is 12.8 Å². The molecule has 6 heteroatoms. The van der Waals surface area contributed by atoms with Crippen LogP contribution in [0.15, 0.2) is 30.3 Å². The lowest BCUT2D eigenvalue weighted by Gasteiger charge is -2.27. The van der Waals surface area contributed by atoms with Gasteiger partial charge in [-0.25, -0.2) is 0 Å². The molecule has 6 nitrogen and oxygen atoms in total. The van der Waals surface area contributed by atoms with E-state index in [2.05, 4.69) is 10.6 Å². The topological polar surface area (TPSA) is 95.5 Å². The molecule has 0 aromatic heterocycles.